The molecular formula is C16H18BrN3O. The molecule has 5 heteroatoms. The average Bonchev–Trinajstić information content (AvgIpc) is 2.87. The lowest BCUT2D eigenvalue weighted by Gasteiger charge is -2.14. The minimum atomic E-state index is 0.0331. The normalized spacial score (nSPS) is 13.2. The quantitative estimate of drug-likeness (QED) is 0.663. The monoisotopic (exact) mass is 347 g/mol. The molecule has 2 heterocycles. The van der Waals surface area contributed by atoms with E-state index in [2.05, 4.69) is 34.0 Å². The molecule has 0 aliphatic carbocycles. The van der Waals surface area contributed by atoms with Crippen LogP contribution in [0.25, 0.3) is 21.8 Å². The van der Waals surface area contributed by atoms with E-state index >= 15 is 0 Å². The number of alkyl halides is 1. The number of aryl methyl sites for hydroxylation is 3. The van der Waals surface area contributed by atoms with Crippen LogP contribution in [0.2, 0.25) is 0 Å². The third kappa shape index (κ3) is 2.02. The molecule has 0 radical (unpaired) electrons. The third-order valence-electron chi connectivity index (χ3n) is 3.97. The molecule has 1 aromatic carbocycles. The molecule has 0 N–H and O–H groups in total. The summed E-state index contributed by atoms with van der Waals surface area (Å²) < 4.78 is 3.58. The molecule has 1 unspecified atom stereocenters. The molecule has 2 aromatic heterocycles. The second-order valence-corrected chi connectivity index (χ2v) is 6.83. The summed E-state index contributed by atoms with van der Waals surface area (Å²) in [5, 5.41) is 7.25. The number of nitrogens with zero attached hydrogens (tertiary/aromatic N) is 3. The zero-order valence-corrected chi connectivity index (χ0v) is 14.2. The van der Waals surface area contributed by atoms with Crippen LogP contribution in [0.3, 0.4) is 0 Å². The predicted molar refractivity (Wildman–Crippen MR) is 90.2 cm³/mol. The molecule has 110 valence electrons. The van der Waals surface area contributed by atoms with E-state index in [4.69, 9.17) is 0 Å². The number of rotatable bonds is 2. The Morgan fingerprint density at radius 2 is 2.05 bits per heavy atom. The van der Waals surface area contributed by atoms with Crippen LogP contribution >= 0.6 is 15.9 Å². The fraction of sp³-hybridized carbons (Fsp3) is 0.375. The maximum atomic E-state index is 12.7. The van der Waals surface area contributed by atoms with Crippen LogP contribution in [0.5, 0.6) is 0 Å². The van der Waals surface area contributed by atoms with Gasteiger partial charge in [0.05, 0.1) is 6.20 Å². The first-order valence-corrected chi connectivity index (χ1v) is 8.00. The Morgan fingerprint density at radius 3 is 2.67 bits per heavy atom. The zero-order chi connectivity index (χ0) is 15.3. The highest BCUT2D eigenvalue weighted by Crippen LogP contribution is 2.33. The van der Waals surface area contributed by atoms with Gasteiger partial charge in [-0.1, -0.05) is 22.0 Å². The molecule has 4 nitrogen and oxygen atoms in total. The molecule has 3 rings (SSSR count). The van der Waals surface area contributed by atoms with Crippen LogP contribution in [0.4, 0.5) is 0 Å². The second kappa shape index (κ2) is 4.98. The molecule has 0 saturated heterocycles. The third-order valence-corrected chi connectivity index (χ3v) is 4.47. The van der Waals surface area contributed by atoms with E-state index in [0.29, 0.717) is 0 Å². The second-order valence-electron chi connectivity index (χ2n) is 5.45. The van der Waals surface area contributed by atoms with Crippen LogP contribution in [-0.2, 0) is 13.6 Å². The maximum absolute atomic E-state index is 12.7. The number of hydrogen-bond donors (Lipinski definition) is 0. The summed E-state index contributed by atoms with van der Waals surface area (Å²) in [7, 11) is 1.82. The van der Waals surface area contributed by atoms with Crippen molar-refractivity contribution in [2.24, 2.45) is 7.05 Å². The zero-order valence-electron chi connectivity index (χ0n) is 12.6. The van der Waals surface area contributed by atoms with Crippen molar-refractivity contribution >= 4 is 37.7 Å². The van der Waals surface area contributed by atoms with Crippen LogP contribution in [0.1, 0.15) is 29.8 Å². The minimum Gasteiger partial charge on any atom is -0.296 e. The molecule has 1 atom stereocenters. The van der Waals surface area contributed by atoms with Crippen molar-refractivity contribution in [3.8, 4) is 0 Å². The van der Waals surface area contributed by atoms with Crippen LogP contribution < -0.4 is 5.56 Å². The van der Waals surface area contributed by atoms with Crippen LogP contribution in [0.15, 0.2) is 23.1 Å². The summed E-state index contributed by atoms with van der Waals surface area (Å²) in [6.07, 6.45) is 1.87. The Labute approximate surface area is 131 Å². The number of benzene rings is 1. The summed E-state index contributed by atoms with van der Waals surface area (Å²) >= 11 is 3.65. The van der Waals surface area contributed by atoms with Crippen molar-refractivity contribution in [1.29, 1.82) is 0 Å². The topological polar surface area (TPSA) is 39.8 Å². The fourth-order valence-electron chi connectivity index (χ4n) is 3.01. The highest BCUT2D eigenvalue weighted by molar-refractivity contribution is 9.09. The van der Waals surface area contributed by atoms with Crippen molar-refractivity contribution in [2.45, 2.75) is 32.1 Å². The first kappa shape index (κ1) is 14.3. The number of hydrogen-bond acceptors (Lipinski definition) is 2. The lowest BCUT2D eigenvalue weighted by molar-refractivity contribution is 0.659. The molecule has 0 spiro atoms. The van der Waals surface area contributed by atoms with Gasteiger partial charge in [-0.3, -0.25) is 9.36 Å². The van der Waals surface area contributed by atoms with Gasteiger partial charge in [-0.2, -0.15) is 5.10 Å². The Morgan fingerprint density at radius 1 is 1.33 bits per heavy atom. The van der Waals surface area contributed by atoms with E-state index in [1.807, 2.05) is 37.8 Å². The van der Waals surface area contributed by atoms with Gasteiger partial charge in [0.1, 0.15) is 5.65 Å². The lowest BCUT2D eigenvalue weighted by Crippen LogP contribution is -2.20. The van der Waals surface area contributed by atoms with Gasteiger partial charge in [-0.25, -0.2) is 4.68 Å². The van der Waals surface area contributed by atoms with Crippen molar-refractivity contribution in [3.05, 3.63) is 39.8 Å². The highest BCUT2D eigenvalue weighted by Gasteiger charge is 2.17. The molecule has 0 aliphatic heterocycles. The highest BCUT2D eigenvalue weighted by atomic mass is 79.9. The Balaban J connectivity index is 2.66. The van der Waals surface area contributed by atoms with E-state index in [1.165, 1.54) is 0 Å². The summed E-state index contributed by atoms with van der Waals surface area (Å²) in [5.74, 6) is 0. The van der Waals surface area contributed by atoms with Gasteiger partial charge in [0, 0.05) is 34.6 Å². The van der Waals surface area contributed by atoms with E-state index in [0.717, 1.165) is 39.5 Å². The van der Waals surface area contributed by atoms with Gasteiger partial charge in [0.2, 0.25) is 0 Å². The number of pyridine rings is 1. The van der Waals surface area contributed by atoms with E-state index in [-0.39, 0.29) is 10.4 Å². The SMILES string of the molecule is CCn1ncc2c3c(C(C)Br)cc(C)cc3c(=O)n(C)c21. The van der Waals surface area contributed by atoms with Crippen molar-refractivity contribution in [3.63, 3.8) is 0 Å². The Bertz CT molecular complexity index is 905. The van der Waals surface area contributed by atoms with E-state index in [1.54, 1.807) is 4.57 Å². The minimum absolute atomic E-state index is 0.0331. The van der Waals surface area contributed by atoms with Crippen molar-refractivity contribution in [2.75, 3.05) is 0 Å². The van der Waals surface area contributed by atoms with Crippen molar-refractivity contribution < 1.29 is 0 Å². The van der Waals surface area contributed by atoms with Gasteiger partial charge in [-0.15, -0.1) is 0 Å². The Kier molecular flexibility index (Phi) is 3.40. The van der Waals surface area contributed by atoms with Gasteiger partial charge >= 0.3 is 0 Å². The standard InChI is InChI=1S/C16H18BrN3O/c1-5-20-15-13(8-18-20)14-11(10(3)17)6-9(2)7-12(14)16(21)19(15)4/h6-8,10H,5H2,1-4H3. The molecule has 0 bridgehead atoms. The smallest absolute Gasteiger partial charge is 0.259 e. The van der Waals surface area contributed by atoms with E-state index in [9.17, 15) is 4.79 Å². The number of halogens is 1. The van der Waals surface area contributed by atoms with Crippen LogP contribution in [0, 0.1) is 6.92 Å². The molecule has 3 aromatic rings. The number of fused-ring (bicyclic) bond motifs is 3. The first-order valence-electron chi connectivity index (χ1n) is 7.08. The Hall–Kier alpha value is -1.62. The summed E-state index contributed by atoms with van der Waals surface area (Å²) in [5.41, 5.74) is 3.16. The summed E-state index contributed by atoms with van der Waals surface area (Å²) in [6, 6.07) is 4.11. The lowest BCUT2D eigenvalue weighted by atomic mass is 9.99. The number of aromatic nitrogens is 3. The first-order chi connectivity index (χ1) is 9.95. The van der Waals surface area contributed by atoms with Gasteiger partial charge in [0.15, 0.2) is 0 Å². The van der Waals surface area contributed by atoms with Gasteiger partial charge < -0.3 is 0 Å². The summed E-state index contributed by atoms with van der Waals surface area (Å²) in [4.78, 5) is 12.9. The van der Waals surface area contributed by atoms with Gasteiger partial charge in [-0.05, 0) is 38.0 Å². The fourth-order valence-corrected chi connectivity index (χ4v) is 3.38. The van der Waals surface area contributed by atoms with Crippen LogP contribution in [-0.4, -0.2) is 14.3 Å². The predicted octanol–water partition coefficient (Wildman–Crippen LogP) is 3.67. The maximum Gasteiger partial charge on any atom is 0.259 e. The molecule has 0 saturated carbocycles. The van der Waals surface area contributed by atoms with Crippen molar-refractivity contribution in [1.82, 2.24) is 14.3 Å². The molecule has 0 aliphatic rings. The molecule has 0 fully saturated rings. The molecule has 21 heavy (non-hydrogen) atoms. The average molecular weight is 348 g/mol. The molecule has 0 amide bonds. The largest absolute Gasteiger partial charge is 0.296 e. The van der Waals surface area contributed by atoms with Gasteiger partial charge in [0.25, 0.3) is 5.56 Å². The molecular weight excluding hydrogens is 330 g/mol. The summed E-state index contributed by atoms with van der Waals surface area (Å²) in [6.45, 7) is 6.89. The van der Waals surface area contributed by atoms with E-state index < -0.39 is 0 Å².